The zero-order valence-corrected chi connectivity index (χ0v) is 19.3. The summed E-state index contributed by atoms with van der Waals surface area (Å²) in [5.74, 6) is 1.12. The number of carbonyl (C=O) groups is 1. The minimum atomic E-state index is -4.43. The van der Waals surface area contributed by atoms with Crippen LogP contribution in [0.1, 0.15) is 47.1 Å². The number of piperidine rings is 1. The standard InChI is InChI=1S/C24H27F3N6O/c1-15-6-8-20(33-17(3)30-14-31-33)19(11-15)23(34)32-10-4-5-16(2)21(32)13-29-22-9-7-18(12-28-22)24(25,26)27/h6-9,11-12,14,16,21H,4-5,10,13H2,1-3H3,(H,28,29)/t16-,21?/m1/s1. The summed E-state index contributed by atoms with van der Waals surface area (Å²) in [6.45, 7) is 6.83. The number of amides is 1. The molecule has 0 spiro atoms. The molecule has 0 radical (unpaired) electrons. The Bertz CT molecular complexity index is 1160. The van der Waals surface area contributed by atoms with E-state index in [1.54, 1.807) is 4.68 Å². The summed E-state index contributed by atoms with van der Waals surface area (Å²) >= 11 is 0. The van der Waals surface area contributed by atoms with Crippen molar-refractivity contribution >= 4 is 11.7 Å². The highest BCUT2D eigenvalue weighted by atomic mass is 19.4. The molecule has 0 aliphatic carbocycles. The Labute approximate surface area is 196 Å². The first kappa shape index (κ1) is 23.7. The SMILES string of the molecule is Cc1ccc(-n2ncnc2C)c(C(=O)N2CCC[C@@H](C)C2CNc2ccc(C(F)(F)F)cn2)c1. The van der Waals surface area contributed by atoms with Crippen LogP contribution in [0.25, 0.3) is 5.69 Å². The normalized spacial score (nSPS) is 18.7. The van der Waals surface area contributed by atoms with Crippen LogP contribution in [-0.4, -0.2) is 49.7 Å². The van der Waals surface area contributed by atoms with Gasteiger partial charge < -0.3 is 10.2 Å². The minimum absolute atomic E-state index is 0.104. The van der Waals surface area contributed by atoms with Crippen molar-refractivity contribution < 1.29 is 18.0 Å². The van der Waals surface area contributed by atoms with Crippen molar-refractivity contribution in [3.05, 3.63) is 65.4 Å². The summed E-state index contributed by atoms with van der Waals surface area (Å²) in [5, 5.41) is 7.39. The van der Waals surface area contributed by atoms with Gasteiger partial charge >= 0.3 is 6.18 Å². The van der Waals surface area contributed by atoms with Gasteiger partial charge in [0.25, 0.3) is 5.91 Å². The molecule has 1 amide bonds. The summed E-state index contributed by atoms with van der Waals surface area (Å²) in [6, 6.07) is 7.84. The molecule has 7 nitrogen and oxygen atoms in total. The maximum atomic E-state index is 13.8. The fraction of sp³-hybridized carbons (Fsp3) is 0.417. The van der Waals surface area contributed by atoms with Crippen LogP contribution < -0.4 is 5.32 Å². The van der Waals surface area contributed by atoms with E-state index in [1.165, 1.54) is 12.4 Å². The number of nitrogens with one attached hydrogen (secondary N) is 1. The molecule has 2 aromatic heterocycles. The number of alkyl halides is 3. The largest absolute Gasteiger partial charge is 0.417 e. The van der Waals surface area contributed by atoms with Crippen LogP contribution in [-0.2, 0) is 6.18 Å². The molecule has 1 aliphatic heterocycles. The van der Waals surface area contributed by atoms with Crippen molar-refractivity contribution in [1.29, 1.82) is 0 Å². The van der Waals surface area contributed by atoms with E-state index >= 15 is 0 Å². The number of rotatable bonds is 5. The fourth-order valence-corrected chi connectivity index (χ4v) is 4.38. The average molecular weight is 473 g/mol. The molecule has 1 N–H and O–H groups in total. The van der Waals surface area contributed by atoms with Crippen LogP contribution in [0, 0.1) is 19.8 Å². The highest BCUT2D eigenvalue weighted by Crippen LogP contribution is 2.30. The molecule has 1 saturated heterocycles. The molecular formula is C24H27F3N6O. The third-order valence-electron chi connectivity index (χ3n) is 6.29. The number of aromatic nitrogens is 4. The summed E-state index contributed by atoms with van der Waals surface area (Å²) in [5.41, 5.74) is 1.37. The quantitative estimate of drug-likeness (QED) is 0.585. The first-order valence-electron chi connectivity index (χ1n) is 11.2. The second kappa shape index (κ2) is 9.44. The first-order valence-corrected chi connectivity index (χ1v) is 11.2. The third kappa shape index (κ3) is 4.90. The Kier molecular flexibility index (Phi) is 6.58. The number of pyridine rings is 1. The maximum Gasteiger partial charge on any atom is 0.417 e. The van der Waals surface area contributed by atoms with Gasteiger partial charge in [0.05, 0.1) is 22.9 Å². The van der Waals surface area contributed by atoms with Crippen LogP contribution in [0.5, 0.6) is 0 Å². The Morgan fingerprint density at radius 1 is 1.18 bits per heavy atom. The molecule has 3 heterocycles. The maximum absolute atomic E-state index is 13.8. The van der Waals surface area contributed by atoms with Gasteiger partial charge in [-0.1, -0.05) is 18.6 Å². The molecule has 3 aromatic rings. The second-order valence-electron chi connectivity index (χ2n) is 8.74. The molecule has 10 heteroatoms. The van der Waals surface area contributed by atoms with Crippen molar-refractivity contribution in [3.63, 3.8) is 0 Å². The van der Waals surface area contributed by atoms with E-state index in [-0.39, 0.29) is 17.9 Å². The molecule has 1 fully saturated rings. The van der Waals surface area contributed by atoms with Crippen molar-refractivity contribution in [2.75, 3.05) is 18.4 Å². The van der Waals surface area contributed by atoms with Crippen LogP contribution in [0.2, 0.25) is 0 Å². The first-order chi connectivity index (χ1) is 16.1. The van der Waals surface area contributed by atoms with Crippen molar-refractivity contribution in [3.8, 4) is 5.69 Å². The van der Waals surface area contributed by atoms with Gasteiger partial charge in [-0.2, -0.15) is 18.3 Å². The number of hydrogen-bond acceptors (Lipinski definition) is 5. The number of nitrogens with zero attached hydrogens (tertiary/aromatic N) is 5. The Morgan fingerprint density at radius 2 is 1.97 bits per heavy atom. The Morgan fingerprint density at radius 3 is 2.62 bits per heavy atom. The number of carbonyl (C=O) groups excluding carboxylic acids is 1. The lowest BCUT2D eigenvalue weighted by Gasteiger charge is -2.40. The molecule has 1 unspecified atom stereocenters. The van der Waals surface area contributed by atoms with Crippen molar-refractivity contribution in [2.24, 2.45) is 5.92 Å². The zero-order valence-electron chi connectivity index (χ0n) is 19.3. The summed E-state index contributed by atoms with van der Waals surface area (Å²) in [7, 11) is 0. The lowest BCUT2D eigenvalue weighted by molar-refractivity contribution is -0.137. The number of anilines is 1. The lowest BCUT2D eigenvalue weighted by Crippen LogP contribution is -2.51. The molecule has 0 saturated carbocycles. The van der Waals surface area contributed by atoms with Crippen LogP contribution >= 0.6 is 0 Å². The summed E-state index contributed by atoms with van der Waals surface area (Å²) in [6.07, 6.45) is -0.323. The Balaban J connectivity index is 1.58. The smallest absolute Gasteiger partial charge is 0.368 e. The number of halogens is 3. The zero-order chi connectivity index (χ0) is 24.5. The molecule has 34 heavy (non-hydrogen) atoms. The number of benzene rings is 1. The van der Waals surface area contributed by atoms with Gasteiger partial charge in [0.2, 0.25) is 0 Å². The van der Waals surface area contributed by atoms with Crippen LogP contribution in [0.4, 0.5) is 19.0 Å². The summed E-state index contributed by atoms with van der Waals surface area (Å²) < 4.78 is 40.1. The monoisotopic (exact) mass is 472 g/mol. The molecule has 1 aliphatic rings. The summed E-state index contributed by atoms with van der Waals surface area (Å²) in [4.78, 5) is 23.7. The van der Waals surface area contributed by atoms with Gasteiger partial charge in [0, 0.05) is 19.3 Å². The predicted molar refractivity (Wildman–Crippen MR) is 122 cm³/mol. The van der Waals surface area contributed by atoms with E-state index in [1.807, 2.05) is 36.9 Å². The number of hydrogen-bond donors (Lipinski definition) is 1. The fourth-order valence-electron chi connectivity index (χ4n) is 4.38. The molecule has 4 rings (SSSR count). The topological polar surface area (TPSA) is 75.9 Å². The number of aryl methyl sites for hydroxylation is 2. The Hall–Kier alpha value is -3.43. The molecule has 180 valence electrons. The highest BCUT2D eigenvalue weighted by molar-refractivity contribution is 5.98. The predicted octanol–water partition coefficient (Wildman–Crippen LogP) is 4.65. The van der Waals surface area contributed by atoms with E-state index in [4.69, 9.17) is 0 Å². The van der Waals surface area contributed by atoms with Gasteiger partial charge in [-0.15, -0.1) is 0 Å². The van der Waals surface area contributed by atoms with E-state index < -0.39 is 11.7 Å². The van der Waals surface area contributed by atoms with E-state index in [9.17, 15) is 18.0 Å². The van der Waals surface area contributed by atoms with Crippen LogP contribution in [0.15, 0.2) is 42.9 Å². The lowest BCUT2D eigenvalue weighted by atomic mass is 9.89. The van der Waals surface area contributed by atoms with Gasteiger partial charge in [0.1, 0.15) is 18.0 Å². The van der Waals surface area contributed by atoms with Gasteiger partial charge in [-0.3, -0.25) is 4.79 Å². The molecule has 2 atom stereocenters. The van der Waals surface area contributed by atoms with E-state index in [0.717, 1.165) is 30.7 Å². The molecule has 1 aromatic carbocycles. The van der Waals surface area contributed by atoms with Crippen molar-refractivity contribution in [1.82, 2.24) is 24.6 Å². The highest BCUT2D eigenvalue weighted by Gasteiger charge is 2.34. The second-order valence-corrected chi connectivity index (χ2v) is 8.74. The van der Waals surface area contributed by atoms with Gasteiger partial charge in [0.15, 0.2) is 0 Å². The van der Waals surface area contributed by atoms with Crippen molar-refractivity contribution in [2.45, 2.75) is 45.8 Å². The molecular weight excluding hydrogens is 445 g/mol. The van der Waals surface area contributed by atoms with Crippen LogP contribution in [0.3, 0.4) is 0 Å². The molecule has 0 bridgehead atoms. The average Bonchev–Trinajstić information content (AvgIpc) is 3.23. The van der Waals surface area contributed by atoms with E-state index in [0.29, 0.717) is 36.0 Å². The number of likely N-dealkylation sites (tertiary alicyclic amines) is 1. The third-order valence-corrected chi connectivity index (χ3v) is 6.29. The van der Waals surface area contributed by atoms with Gasteiger partial charge in [-0.25, -0.2) is 14.6 Å². The van der Waals surface area contributed by atoms with Gasteiger partial charge in [-0.05, 0) is 56.9 Å². The van der Waals surface area contributed by atoms with E-state index in [2.05, 4.69) is 27.3 Å². The minimum Gasteiger partial charge on any atom is -0.368 e.